The molecular weight excluding hydrogens is 414 g/mol. The van der Waals surface area contributed by atoms with Crippen LogP contribution in [0.5, 0.6) is 0 Å². The predicted molar refractivity (Wildman–Crippen MR) is 129 cm³/mol. The zero-order valence-corrected chi connectivity index (χ0v) is 18.9. The summed E-state index contributed by atoms with van der Waals surface area (Å²) in [6.45, 7) is 2.25. The third-order valence-electron chi connectivity index (χ3n) is 5.89. The van der Waals surface area contributed by atoms with Gasteiger partial charge in [0.05, 0.1) is 5.71 Å². The number of hydrogen-bond donors (Lipinski definition) is 1. The molecule has 4 rings (SSSR count). The molecule has 1 amide bonds. The molecule has 0 bridgehead atoms. The second-order valence-electron chi connectivity index (χ2n) is 8.05. The van der Waals surface area contributed by atoms with Crippen molar-refractivity contribution in [1.29, 1.82) is 0 Å². The van der Waals surface area contributed by atoms with E-state index in [-0.39, 0.29) is 5.91 Å². The highest BCUT2D eigenvalue weighted by Crippen LogP contribution is 2.25. The van der Waals surface area contributed by atoms with Crippen LogP contribution in [-0.2, 0) is 11.3 Å². The van der Waals surface area contributed by atoms with Crippen molar-refractivity contribution in [2.75, 3.05) is 31.6 Å². The summed E-state index contributed by atoms with van der Waals surface area (Å²) < 4.78 is 0. The van der Waals surface area contributed by atoms with Crippen molar-refractivity contribution < 1.29 is 9.63 Å². The van der Waals surface area contributed by atoms with E-state index in [1.807, 2.05) is 54.6 Å². The van der Waals surface area contributed by atoms with Gasteiger partial charge in [-0.05, 0) is 42.5 Å². The van der Waals surface area contributed by atoms with Crippen LogP contribution in [0, 0.1) is 5.92 Å². The zero-order chi connectivity index (χ0) is 22.9. The maximum atomic E-state index is 12.4. The van der Waals surface area contributed by atoms with E-state index in [0.29, 0.717) is 18.2 Å². The van der Waals surface area contributed by atoms with Gasteiger partial charge in [-0.2, -0.15) is 0 Å². The molecule has 0 aliphatic carbocycles. The molecule has 0 radical (unpaired) electrons. The molecule has 1 N–H and O–H groups in total. The normalized spacial score (nSPS) is 14.7. The Labute approximate surface area is 194 Å². The van der Waals surface area contributed by atoms with Crippen molar-refractivity contribution in [3.05, 3.63) is 89.6 Å². The highest BCUT2D eigenvalue weighted by atomic mass is 16.6. The molecule has 0 spiro atoms. The average molecular weight is 444 g/mol. The number of nitrogens with one attached hydrogen (secondary N) is 1. The Hall–Kier alpha value is -3.74. The number of hydrogen-bond acceptors (Lipinski definition) is 6. The first-order chi connectivity index (χ1) is 16.2. The van der Waals surface area contributed by atoms with Crippen molar-refractivity contribution in [3.63, 3.8) is 0 Å². The maximum absolute atomic E-state index is 12.4. The van der Waals surface area contributed by atoms with E-state index in [4.69, 9.17) is 4.84 Å². The summed E-state index contributed by atoms with van der Waals surface area (Å²) in [6, 6.07) is 23.9. The van der Waals surface area contributed by atoms with E-state index in [9.17, 15) is 4.79 Å². The lowest BCUT2D eigenvalue weighted by Crippen LogP contribution is -2.37. The van der Waals surface area contributed by atoms with Gasteiger partial charge >= 0.3 is 0 Å². The smallest absolute Gasteiger partial charge is 0.271 e. The fraction of sp³-hybridized carbons (Fsp3) is 0.308. The van der Waals surface area contributed by atoms with Crippen LogP contribution in [0.3, 0.4) is 0 Å². The van der Waals surface area contributed by atoms with Crippen molar-refractivity contribution in [2.24, 2.45) is 11.1 Å². The number of nitrogens with zero attached hydrogens (tertiary/aromatic N) is 4. The zero-order valence-electron chi connectivity index (χ0n) is 18.9. The lowest BCUT2D eigenvalue weighted by molar-refractivity contribution is 0.0948. The molecule has 3 aromatic rings. The van der Waals surface area contributed by atoms with Gasteiger partial charge in [0, 0.05) is 25.6 Å². The number of carbonyl (C=O) groups is 1. The van der Waals surface area contributed by atoms with E-state index in [1.165, 1.54) is 5.56 Å². The van der Waals surface area contributed by atoms with Crippen LogP contribution in [0.4, 0.5) is 5.82 Å². The molecule has 7 heteroatoms. The van der Waals surface area contributed by atoms with E-state index in [0.717, 1.165) is 49.4 Å². The number of anilines is 1. The van der Waals surface area contributed by atoms with Crippen LogP contribution in [0.25, 0.3) is 0 Å². The van der Waals surface area contributed by atoms with E-state index >= 15 is 0 Å². The molecule has 33 heavy (non-hydrogen) atoms. The van der Waals surface area contributed by atoms with Crippen LogP contribution in [0.15, 0.2) is 78.0 Å². The summed E-state index contributed by atoms with van der Waals surface area (Å²) in [6.07, 6.45) is 2.67. The standard InChI is InChI=1S/C26H29N5O2/c1-33-30-25(21-10-6-3-7-11-21)22-15-18-31(19-16-22)24-13-12-23(28-29-24)26(32)27-17-14-20-8-4-2-5-9-20/h2-13,22H,14-19H2,1H3,(H,27,32). The van der Waals surface area contributed by atoms with Crippen molar-refractivity contribution in [3.8, 4) is 0 Å². The number of rotatable bonds is 8. The second kappa shape index (κ2) is 11.2. The van der Waals surface area contributed by atoms with Crippen LogP contribution in [0.2, 0.25) is 0 Å². The van der Waals surface area contributed by atoms with E-state index in [2.05, 4.69) is 37.7 Å². The first-order valence-electron chi connectivity index (χ1n) is 11.3. The molecule has 1 aliphatic rings. The number of piperidine rings is 1. The molecule has 1 aliphatic heterocycles. The Bertz CT molecular complexity index is 1050. The Morgan fingerprint density at radius 1 is 1.00 bits per heavy atom. The van der Waals surface area contributed by atoms with Crippen molar-refractivity contribution in [2.45, 2.75) is 19.3 Å². The van der Waals surface area contributed by atoms with Gasteiger partial charge in [0.2, 0.25) is 0 Å². The Morgan fingerprint density at radius 2 is 1.70 bits per heavy atom. The minimum atomic E-state index is -0.202. The lowest BCUT2D eigenvalue weighted by Gasteiger charge is -2.32. The predicted octanol–water partition coefficient (Wildman–Crippen LogP) is 3.72. The van der Waals surface area contributed by atoms with Gasteiger partial charge in [-0.25, -0.2) is 0 Å². The summed E-state index contributed by atoms with van der Waals surface area (Å²) in [5.74, 6) is 0.914. The van der Waals surface area contributed by atoms with Gasteiger partial charge in [0.25, 0.3) is 5.91 Å². The first kappa shape index (κ1) is 22.5. The molecule has 1 saturated heterocycles. The number of oxime groups is 1. The number of carbonyl (C=O) groups excluding carboxylic acids is 1. The monoisotopic (exact) mass is 443 g/mol. The summed E-state index contributed by atoms with van der Waals surface area (Å²) in [4.78, 5) is 19.7. The minimum Gasteiger partial charge on any atom is -0.399 e. The molecule has 170 valence electrons. The summed E-state index contributed by atoms with van der Waals surface area (Å²) in [7, 11) is 1.59. The summed E-state index contributed by atoms with van der Waals surface area (Å²) in [5.41, 5.74) is 3.61. The second-order valence-corrected chi connectivity index (χ2v) is 8.05. The average Bonchev–Trinajstić information content (AvgIpc) is 2.89. The third-order valence-corrected chi connectivity index (χ3v) is 5.89. The molecule has 0 unspecified atom stereocenters. The molecule has 7 nitrogen and oxygen atoms in total. The summed E-state index contributed by atoms with van der Waals surface area (Å²) in [5, 5.41) is 15.7. The van der Waals surface area contributed by atoms with Gasteiger partial charge in [-0.3, -0.25) is 4.79 Å². The first-order valence-corrected chi connectivity index (χ1v) is 11.3. The van der Waals surface area contributed by atoms with Gasteiger partial charge in [-0.15, -0.1) is 10.2 Å². The SMILES string of the molecule is CON=C(c1ccccc1)C1CCN(c2ccc(C(=O)NCCc3ccccc3)nn2)CC1. The quantitative estimate of drug-likeness (QED) is 0.424. The molecule has 2 aromatic carbocycles. The molecule has 2 heterocycles. The van der Waals surface area contributed by atoms with Crippen LogP contribution < -0.4 is 10.2 Å². The Morgan fingerprint density at radius 3 is 2.33 bits per heavy atom. The van der Waals surface area contributed by atoms with Crippen LogP contribution >= 0.6 is 0 Å². The molecular formula is C26H29N5O2. The number of amides is 1. The van der Waals surface area contributed by atoms with Crippen molar-refractivity contribution >= 4 is 17.4 Å². The van der Waals surface area contributed by atoms with E-state index in [1.54, 1.807) is 13.2 Å². The Kier molecular flexibility index (Phi) is 7.64. The highest BCUT2D eigenvalue weighted by Gasteiger charge is 2.26. The minimum absolute atomic E-state index is 0.202. The highest BCUT2D eigenvalue weighted by molar-refractivity contribution is 6.02. The van der Waals surface area contributed by atoms with Crippen LogP contribution in [0.1, 0.15) is 34.5 Å². The fourth-order valence-electron chi connectivity index (χ4n) is 4.12. The van der Waals surface area contributed by atoms with E-state index < -0.39 is 0 Å². The van der Waals surface area contributed by atoms with Crippen molar-refractivity contribution in [1.82, 2.24) is 15.5 Å². The summed E-state index contributed by atoms with van der Waals surface area (Å²) >= 11 is 0. The molecule has 1 fully saturated rings. The van der Waals surface area contributed by atoms with Crippen LogP contribution in [-0.4, -0.2) is 48.6 Å². The third kappa shape index (κ3) is 5.94. The van der Waals surface area contributed by atoms with Gasteiger partial charge in [-0.1, -0.05) is 65.8 Å². The van der Waals surface area contributed by atoms with Gasteiger partial charge < -0.3 is 15.1 Å². The molecule has 0 saturated carbocycles. The lowest BCUT2D eigenvalue weighted by atomic mass is 9.88. The fourth-order valence-corrected chi connectivity index (χ4v) is 4.12. The largest absolute Gasteiger partial charge is 0.399 e. The number of benzene rings is 2. The van der Waals surface area contributed by atoms with Gasteiger partial charge in [0.15, 0.2) is 11.5 Å². The maximum Gasteiger partial charge on any atom is 0.271 e. The molecule has 1 aromatic heterocycles. The molecule has 0 atom stereocenters. The van der Waals surface area contributed by atoms with Gasteiger partial charge in [0.1, 0.15) is 7.11 Å². The topological polar surface area (TPSA) is 79.7 Å². The number of aromatic nitrogens is 2. The Balaban J connectivity index is 1.30.